The molecular weight excluding hydrogens is 442 g/mol. The summed E-state index contributed by atoms with van der Waals surface area (Å²) in [4.78, 5) is 16.7. The molecule has 4 aromatic rings. The second-order valence-electron chi connectivity index (χ2n) is 6.07. The number of aryl methyl sites for hydroxylation is 1. The quantitative estimate of drug-likeness (QED) is 0.444. The van der Waals surface area contributed by atoms with Gasteiger partial charge in [0.25, 0.3) is 0 Å². The van der Waals surface area contributed by atoms with Crippen LogP contribution >= 0.6 is 27.3 Å². The molecule has 0 saturated heterocycles. The molecule has 3 aromatic heterocycles. The third-order valence-electron chi connectivity index (χ3n) is 4.04. The molecule has 1 N–H and O–H groups in total. The predicted molar refractivity (Wildman–Crippen MR) is 110 cm³/mol. The van der Waals surface area contributed by atoms with Crippen LogP contribution in [0.4, 0.5) is 5.82 Å². The van der Waals surface area contributed by atoms with E-state index in [0.717, 1.165) is 15.6 Å². The Morgan fingerprint density at radius 2 is 2.07 bits per heavy atom. The first kappa shape index (κ1) is 18.6. The lowest BCUT2D eigenvalue weighted by molar-refractivity contribution is -0.116. The van der Waals surface area contributed by atoms with Gasteiger partial charge in [0, 0.05) is 34.3 Å². The number of benzene rings is 1. The van der Waals surface area contributed by atoms with Gasteiger partial charge in [-0.05, 0) is 29.1 Å². The van der Waals surface area contributed by atoms with Gasteiger partial charge in [0.05, 0.1) is 12.7 Å². The third kappa shape index (κ3) is 4.55. The SMILES string of the molecule is O=C(CCc1nc(-c2ccsc2)no1)Nc1ccnn1Cc1ccc(Br)cc1. The van der Waals surface area contributed by atoms with Crippen LogP contribution in [0.3, 0.4) is 0 Å². The number of aromatic nitrogens is 4. The molecule has 0 unspecified atom stereocenters. The summed E-state index contributed by atoms with van der Waals surface area (Å²) < 4.78 is 8.00. The summed E-state index contributed by atoms with van der Waals surface area (Å²) >= 11 is 4.99. The Bertz CT molecular complexity index is 1060. The minimum absolute atomic E-state index is 0.132. The maximum atomic E-state index is 12.3. The smallest absolute Gasteiger partial charge is 0.227 e. The van der Waals surface area contributed by atoms with E-state index in [-0.39, 0.29) is 12.3 Å². The molecule has 9 heteroatoms. The third-order valence-corrected chi connectivity index (χ3v) is 5.25. The van der Waals surface area contributed by atoms with E-state index in [0.29, 0.717) is 30.5 Å². The van der Waals surface area contributed by atoms with Crippen molar-refractivity contribution in [3.05, 3.63) is 69.3 Å². The minimum atomic E-state index is -0.132. The lowest BCUT2D eigenvalue weighted by Gasteiger charge is -2.09. The first-order valence-electron chi connectivity index (χ1n) is 8.58. The number of rotatable bonds is 7. The Labute approximate surface area is 173 Å². The maximum absolute atomic E-state index is 12.3. The van der Waals surface area contributed by atoms with Gasteiger partial charge < -0.3 is 9.84 Å². The van der Waals surface area contributed by atoms with Crippen LogP contribution in [0.1, 0.15) is 17.9 Å². The number of halogens is 1. The average Bonchev–Trinajstić information content (AvgIpc) is 3.44. The van der Waals surface area contributed by atoms with Gasteiger partial charge in [0.1, 0.15) is 5.82 Å². The molecule has 0 saturated carbocycles. The van der Waals surface area contributed by atoms with Gasteiger partial charge in [0.2, 0.25) is 17.6 Å². The van der Waals surface area contributed by atoms with Crippen LogP contribution in [-0.4, -0.2) is 25.8 Å². The summed E-state index contributed by atoms with van der Waals surface area (Å²) in [5.41, 5.74) is 2.01. The van der Waals surface area contributed by atoms with Gasteiger partial charge in [0.15, 0.2) is 0 Å². The molecule has 4 rings (SSSR count). The Balaban J connectivity index is 1.33. The van der Waals surface area contributed by atoms with E-state index in [1.54, 1.807) is 28.3 Å². The summed E-state index contributed by atoms with van der Waals surface area (Å²) in [6.45, 7) is 0.573. The van der Waals surface area contributed by atoms with Crippen molar-refractivity contribution in [1.82, 2.24) is 19.9 Å². The first-order chi connectivity index (χ1) is 13.7. The molecule has 0 fully saturated rings. The fourth-order valence-electron chi connectivity index (χ4n) is 2.62. The zero-order valence-corrected chi connectivity index (χ0v) is 17.1. The first-order valence-corrected chi connectivity index (χ1v) is 10.3. The highest BCUT2D eigenvalue weighted by molar-refractivity contribution is 9.10. The van der Waals surface area contributed by atoms with Crippen molar-refractivity contribution in [2.75, 3.05) is 5.32 Å². The van der Waals surface area contributed by atoms with Crippen molar-refractivity contribution in [2.45, 2.75) is 19.4 Å². The van der Waals surface area contributed by atoms with Crippen molar-refractivity contribution in [1.29, 1.82) is 0 Å². The number of carbonyl (C=O) groups excluding carboxylic acids is 1. The van der Waals surface area contributed by atoms with E-state index < -0.39 is 0 Å². The van der Waals surface area contributed by atoms with Crippen LogP contribution in [0.2, 0.25) is 0 Å². The number of hydrogen-bond donors (Lipinski definition) is 1. The maximum Gasteiger partial charge on any atom is 0.227 e. The number of nitrogens with one attached hydrogen (secondary N) is 1. The number of anilines is 1. The Morgan fingerprint density at radius 1 is 1.21 bits per heavy atom. The second-order valence-corrected chi connectivity index (χ2v) is 7.77. The largest absolute Gasteiger partial charge is 0.339 e. The molecule has 0 aliphatic rings. The molecule has 0 aliphatic carbocycles. The number of carbonyl (C=O) groups is 1. The number of amides is 1. The van der Waals surface area contributed by atoms with E-state index in [2.05, 4.69) is 36.5 Å². The van der Waals surface area contributed by atoms with Crippen molar-refractivity contribution in [3.8, 4) is 11.4 Å². The Morgan fingerprint density at radius 3 is 2.86 bits per heavy atom. The highest BCUT2D eigenvalue weighted by atomic mass is 79.9. The van der Waals surface area contributed by atoms with Gasteiger partial charge in [-0.15, -0.1) is 0 Å². The van der Waals surface area contributed by atoms with Crippen LogP contribution in [0, 0.1) is 0 Å². The topological polar surface area (TPSA) is 85.8 Å². The number of thiophene rings is 1. The molecular formula is C19H16BrN5O2S. The Kier molecular flexibility index (Phi) is 5.63. The van der Waals surface area contributed by atoms with Gasteiger partial charge in [-0.3, -0.25) is 4.79 Å². The average molecular weight is 458 g/mol. The van der Waals surface area contributed by atoms with E-state index in [1.807, 2.05) is 41.1 Å². The molecule has 0 radical (unpaired) electrons. The second kappa shape index (κ2) is 8.49. The fourth-order valence-corrected chi connectivity index (χ4v) is 3.52. The van der Waals surface area contributed by atoms with Crippen LogP contribution in [-0.2, 0) is 17.8 Å². The van der Waals surface area contributed by atoms with E-state index in [4.69, 9.17) is 4.52 Å². The highest BCUT2D eigenvalue weighted by Crippen LogP contribution is 2.19. The predicted octanol–water partition coefficient (Wildman–Crippen LogP) is 4.38. The van der Waals surface area contributed by atoms with E-state index in [9.17, 15) is 4.79 Å². The fraction of sp³-hybridized carbons (Fsp3) is 0.158. The molecule has 1 amide bonds. The summed E-state index contributed by atoms with van der Waals surface area (Å²) in [6.07, 6.45) is 2.29. The van der Waals surface area contributed by atoms with Crippen molar-refractivity contribution in [2.24, 2.45) is 0 Å². The molecule has 0 aliphatic heterocycles. The zero-order chi connectivity index (χ0) is 19.3. The number of nitrogens with zero attached hydrogens (tertiary/aromatic N) is 4. The van der Waals surface area contributed by atoms with Crippen LogP contribution in [0.5, 0.6) is 0 Å². The Hall–Kier alpha value is -2.78. The van der Waals surface area contributed by atoms with Gasteiger partial charge in [-0.1, -0.05) is 33.2 Å². The summed E-state index contributed by atoms with van der Waals surface area (Å²) in [6, 6.07) is 11.7. The van der Waals surface area contributed by atoms with Gasteiger partial charge >= 0.3 is 0 Å². The monoisotopic (exact) mass is 457 g/mol. The minimum Gasteiger partial charge on any atom is -0.339 e. The van der Waals surface area contributed by atoms with Crippen LogP contribution in [0.15, 0.2) is 62.4 Å². The van der Waals surface area contributed by atoms with E-state index >= 15 is 0 Å². The lowest BCUT2D eigenvalue weighted by Crippen LogP contribution is -2.16. The molecule has 0 atom stereocenters. The van der Waals surface area contributed by atoms with Crippen molar-refractivity contribution in [3.63, 3.8) is 0 Å². The highest BCUT2D eigenvalue weighted by Gasteiger charge is 2.12. The number of hydrogen-bond acceptors (Lipinski definition) is 6. The molecule has 1 aromatic carbocycles. The summed E-state index contributed by atoms with van der Waals surface area (Å²) in [7, 11) is 0. The summed E-state index contributed by atoms with van der Waals surface area (Å²) in [5.74, 6) is 1.51. The van der Waals surface area contributed by atoms with Gasteiger partial charge in [-0.2, -0.15) is 21.4 Å². The normalized spacial score (nSPS) is 10.9. The summed E-state index contributed by atoms with van der Waals surface area (Å²) in [5, 5.41) is 15.0. The lowest BCUT2D eigenvalue weighted by atomic mass is 10.2. The molecule has 0 spiro atoms. The van der Waals surface area contributed by atoms with Crippen LogP contribution in [0.25, 0.3) is 11.4 Å². The van der Waals surface area contributed by atoms with Gasteiger partial charge in [-0.25, -0.2) is 4.68 Å². The molecule has 142 valence electrons. The van der Waals surface area contributed by atoms with Crippen molar-refractivity contribution < 1.29 is 9.32 Å². The standard InChI is InChI=1S/C19H16BrN5O2S/c20-15-3-1-13(2-4-15)11-25-16(7-9-21-25)22-17(26)5-6-18-23-19(24-27-18)14-8-10-28-12-14/h1-4,7-10,12H,5-6,11H2,(H,22,26). The van der Waals surface area contributed by atoms with E-state index in [1.165, 1.54) is 0 Å². The van der Waals surface area contributed by atoms with Crippen molar-refractivity contribution >= 4 is 39.0 Å². The molecule has 28 heavy (non-hydrogen) atoms. The van der Waals surface area contributed by atoms with Crippen LogP contribution < -0.4 is 5.32 Å². The molecule has 0 bridgehead atoms. The molecule has 7 nitrogen and oxygen atoms in total. The molecule has 3 heterocycles. The zero-order valence-electron chi connectivity index (χ0n) is 14.7.